The average molecular weight is 191 g/mol. The Hall–Kier alpha value is -0.960. The molecule has 1 fully saturated rings. The summed E-state index contributed by atoms with van der Waals surface area (Å²) in [4.78, 5) is 8.70. The average Bonchev–Trinajstić information content (AvgIpc) is 2.19. The van der Waals surface area contributed by atoms with Crippen LogP contribution in [0.15, 0.2) is 6.20 Å². The van der Waals surface area contributed by atoms with Crippen molar-refractivity contribution in [2.45, 2.75) is 32.6 Å². The topological polar surface area (TPSA) is 37.8 Å². The number of nitrogens with zero attached hydrogens (tertiary/aromatic N) is 2. The monoisotopic (exact) mass is 191 g/mol. The van der Waals surface area contributed by atoms with Gasteiger partial charge in [-0.3, -0.25) is 0 Å². The van der Waals surface area contributed by atoms with Crippen molar-refractivity contribution in [1.82, 2.24) is 15.3 Å². The first kappa shape index (κ1) is 9.59. The fraction of sp³-hybridized carbons (Fsp3) is 0.636. The highest BCUT2D eigenvalue weighted by molar-refractivity contribution is 5.21. The van der Waals surface area contributed by atoms with Gasteiger partial charge in [0.25, 0.3) is 0 Å². The fourth-order valence-corrected chi connectivity index (χ4v) is 2.13. The molecule has 76 valence electrons. The third-order valence-corrected chi connectivity index (χ3v) is 2.92. The van der Waals surface area contributed by atoms with E-state index in [9.17, 15) is 0 Å². The molecular formula is C11H17N3. The highest BCUT2D eigenvalue weighted by Crippen LogP contribution is 2.26. The second-order valence-corrected chi connectivity index (χ2v) is 3.98. The van der Waals surface area contributed by atoms with Crippen molar-refractivity contribution < 1.29 is 0 Å². The molecule has 0 aliphatic carbocycles. The maximum absolute atomic E-state index is 4.42. The molecule has 1 aromatic rings. The lowest BCUT2D eigenvalue weighted by Crippen LogP contribution is -2.27. The summed E-state index contributed by atoms with van der Waals surface area (Å²) in [6.07, 6.45) is 4.44. The van der Waals surface area contributed by atoms with Crippen molar-refractivity contribution in [2.75, 3.05) is 13.1 Å². The van der Waals surface area contributed by atoms with Gasteiger partial charge < -0.3 is 5.32 Å². The molecule has 0 saturated carbocycles. The van der Waals surface area contributed by atoms with Crippen LogP contribution >= 0.6 is 0 Å². The molecule has 2 heterocycles. The quantitative estimate of drug-likeness (QED) is 0.732. The van der Waals surface area contributed by atoms with Gasteiger partial charge in [-0.15, -0.1) is 0 Å². The standard InChI is InChI=1S/C11H17N3/c1-8-11(7-13-9(2)14-8)10-3-5-12-6-4-10/h7,10,12H,3-6H2,1-2H3. The van der Waals surface area contributed by atoms with Gasteiger partial charge in [-0.2, -0.15) is 0 Å². The predicted octanol–water partition coefficient (Wildman–Crippen LogP) is 1.56. The Bertz CT molecular complexity index is 316. The summed E-state index contributed by atoms with van der Waals surface area (Å²) >= 11 is 0. The maximum atomic E-state index is 4.42. The number of hydrogen-bond donors (Lipinski definition) is 1. The van der Waals surface area contributed by atoms with Gasteiger partial charge in [0, 0.05) is 11.9 Å². The van der Waals surface area contributed by atoms with E-state index in [0.29, 0.717) is 5.92 Å². The van der Waals surface area contributed by atoms with Crippen molar-refractivity contribution in [3.8, 4) is 0 Å². The Kier molecular flexibility index (Phi) is 2.77. The van der Waals surface area contributed by atoms with Gasteiger partial charge in [-0.25, -0.2) is 9.97 Å². The molecular weight excluding hydrogens is 174 g/mol. The van der Waals surface area contributed by atoms with E-state index in [1.54, 1.807) is 0 Å². The van der Waals surface area contributed by atoms with E-state index in [0.717, 1.165) is 24.6 Å². The lowest BCUT2D eigenvalue weighted by Gasteiger charge is -2.23. The normalized spacial score (nSPS) is 18.4. The Balaban J connectivity index is 2.22. The molecule has 3 heteroatoms. The van der Waals surface area contributed by atoms with Crippen LogP contribution < -0.4 is 5.32 Å². The lowest BCUT2D eigenvalue weighted by atomic mass is 9.90. The van der Waals surface area contributed by atoms with Crippen LogP contribution in [0, 0.1) is 13.8 Å². The molecule has 0 unspecified atom stereocenters. The smallest absolute Gasteiger partial charge is 0.125 e. The molecule has 0 atom stereocenters. The summed E-state index contributed by atoms with van der Waals surface area (Å²) in [5, 5.41) is 3.37. The summed E-state index contributed by atoms with van der Waals surface area (Å²) in [5.74, 6) is 1.54. The van der Waals surface area contributed by atoms with E-state index in [1.807, 2.05) is 13.1 Å². The summed E-state index contributed by atoms with van der Waals surface area (Å²) in [6, 6.07) is 0. The molecule has 2 rings (SSSR count). The van der Waals surface area contributed by atoms with Gasteiger partial charge in [0.1, 0.15) is 5.82 Å². The number of aromatic nitrogens is 2. The molecule has 1 N–H and O–H groups in total. The fourth-order valence-electron chi connectivity index (χ4n) is 2.13. The Morgan fingerprint density at radius 3 is 2.64 bits per heavy atom. The van der Waals surface area contributed by atoms with Crippen LogP contribution in [0.2, 0.25) is 0 Å². The summed E-state index contributed by atoms with van der Waals surface area (Å²) in [5.41, 5.74) is 2.50. The van der Waals surface area contributed by atoms with Gasteiger partial charge in [-0.05, 0) is 51.3 Å². The first-order valence-electron chi connectivity index (χ1n) is 5.28. The molecule has 14 heavy (non-hydrogen) atoms. The van der Waals surface area contributed by atoms with Gasteiger partial charge in [0.15, 0.2) is 0 Å². The van der Waals surface area contributed by atoms with Crippen LogP contribution in [-0.2, 0) is 0 Å². The van der Waals surface area contributed by atoms with Gasteiger partial charge >= 0.3 is 0 Å². The van der Waals surface area contributed by atoms with Crippen LogP contribution in [-0.4, -0.2) is 23.1 Å². The first-order chi connectivity index (χ1) is 6.77. The Morgan fingerprint density at radius 2 is 2.00 bits per heavy atom. The summed E-state index contributed by atoms with van der Waals surface area (Å²) in [7, 11) is 0. The molecule has 0 bridgehead atoms. The third-order valence-electron chi connectivity index (χ3n) is 2.92. The van der Waals surface area contributed by atoms with Crippen LogP contribution in [0.1, 0.15) is 35.8 Å². The van der Waals surface area contributed by atoms with Crippen molar-refractivity contribution in [1.29, 1.82) is 0 Å². The molecule has 3 nitrogen and oxygen atoms in total. The number of piperidine rings is 1. The largest absolute Gasteiger partial charge is 0.317 e. The van der Waals surface area contributed by atoms with E-state index < -0.39 is 0 Å². The van der Waals surface area contributed by atoms with Crippen LogP contribution in [0.3, 0.4) is 0 Å². The molecule has 1 aromatic heterocycles. The minimum Gasteiger partial charge on any atom is -0.317 e. The second kappa shape index (κ2) is 4.05. The van der Waals surface area contributed by atoms with Crippen LogP contribution in [0.5, 0.6) is 0 Å². The zero-order valence-electron chi connectivity index (χ0n) is 8.88. The maximum Gasteiger partial charge on any atom is 0.125 e. The molecule has 0 amide bonds. The highest BCUT2D eigenvalue weighted by atomic mass is 14.9. The second-order valence-electron chi connectivity index (χ2n) is 3.98. The zero-order valence-corrected chi connectivity index (χ0v) is 8.88. The van der Waals surface area contributed by atoms with Crippen LogP contribution in [0.4, 0.5) is 0 Å². The third kappa shape index (κ3) is 1.93. The van der Waals surface area contributed by atoms with Crippen molar-refractivity contribution >= 4 is 0 Å². The highest BCUT2D eigenvalue weighted by Gasteiger charge is 2.17. The number of hydrogen-bond acceptors (Lipinski definition) is 3. The number of rotatable bonds is 1. The predicted molar refractivity (Wildman–Crippen MR) is 56.4 cm³/mol. The zero-order chi connectivity index (χ0) is 9.97. The molecule has 1 saturated heterocycles. The van der Waals surface area contributed by atoms with Gasteiger partial charge in [0.2, 0.25) is 0 Å². The van der Waals surface area contributed by atoms with E-state index in [2.05, 4.69) is 22.2 Å². The first-order valence-corrected chi connectivity index (χ1v) is 5.28. The minimum atomic E-state index is 0.664. The SMILES string of the molecule is Cc1ncc(C2CCNCC2)c(C)n1. The lowest BCUT2D eigenvalue weighted by molar-refractivity contribution is 0.457. The van der Waals surface area contributed by atoms with Crippen molar-refractivity contribution in [3.63, 3.8) is 0 Å². The van der Waals surface area contributed by atoms with Gasteiger partial charge in [0.05, 0.1) is 0 Å². The van der Waals surface area contributed by atoms with E-state index >= 15 is 0 Å². The number of nitrogens with one attached hydrogen (secondary N) is 1. The van der Waals surface area contributed by atoms with Crippen LogP contribution in [0.25, 0.3) is 0 Å². The minimum absolute atomic E-state index is 0.664. The summed E-state index contributed by atoms with van der Waals surface area (Å²) < 4.78 is 0. The number of aryl methyl sites for hydroxylation is 2. The molecule has 0 aromatic carbocycles. The van der Waals surface area contributed by atoms with E-state index in [-0.39, 0.29) is 0 Å². The van der Waals surface area contributed by atoms with Crippen molar-refractivity contribution in [3.05, 3.63) is 23.3 Å². The molecule has 1 aliphatic heterocycles. The molecule has 0 radical (unpaired) electrons. The molecule has 1 aliphatic rings. The van der Waals surface area contributed by atoms with E-state index in [1.165, 1.54) is 18.4 Å². The van der Waals surface area contributed by atoms with E-state index in [4.69, 9.17) is 0 Å². The summed E-state index contributed by atoms with van der Waals surface area (Å²) in [6.45, 7) is 6.28. The van der Waals surface area contributed by atoms with Gasteiger partial charge in [-0.1, -0.05) is 0 Å². The Morgan fingerprint density at radius 1 is 1.29 bits per heavy atom. The Labute approximate surface area is 85.0 Å². The molecule has 0 spiro atoms. The van der Waals surface area contributed by atoms with Crippen molar-refractivity contribution in [2.24, 2.45) is 0 Å².